The minimum Gasteiger partial charge on any atom is -0.388 e. The van der Waals surface area contributed by atoms with Crippen LogP contribution in [0.3, 0.4) is 0 Å². The summed E-state index contributed by atoms with van der Waals surface area (Å²) in [4.78, 5) is 52.2. The van der Waals surface area contributed by atoms with Crippen LogP contribution < -0.4 is 32.7 Å². The molecule has 0 bridgehead atoms. The van der Waals surface area contributed by atoms with Crippen LogP contribution in [0.1, 0.15) is 108 Å². The third kappa shape index (κ3) is 12.6. The molecule has 270 valence electrons. The van der Waals surface area contributed by atoms with Gasteiger partial charge in [0.2, 0.25) is 0 Å². The second kappa shape index (κ2) is 19.0. The molecule has 3 rings (SSSR count). The lowest BCUT2D eigenvalue weighted by atomic mass is 10.1. The van der Waals surface area contributed by atoms with E-state index in [1.165, 1.54) is 0 Å². The van der Waals surface area contributed by atoms with E-state index in [2.05, 4.69) is 49.0 Å². The summed E-state index contributed by atoms with van der Waals surface area (Å²) in [6, 6.07) is 9.47. The predicted molar refractivity (Wildman–Crippen MR) is 197 cm³/mol. The molecule has 3 aromatic rings. The number of carbonyl (C=O) groups excluding carboxylic acids is 4. The smallest absolute Gasteiger partial charge is 0.267 e. The standard InChI is InChI=1S/C36H52N10O4/c1-23(2)13-17-45-21-27(19-29(45)35(49)41-15-5-7-31(37)38)43-33(47)25-9-11-26(12-10-25)34(48)44-28-20-30(46(22-28)18-14-24(3)4)36(50)42-16-6-8-32(39)40/h9-12,19-24H,5-8,13-18H2,1-4H3,(H3,37,38)(H3,39,40)(H,41,49)(H,42,50)(H,43,47)(H,44,48). The quantitative estimate of drug-likeness (QED) is 0.0473. The second-order valence-electron chi connectivity index (χ2n) is 13.2. The molecule has 14 nitrogen and oxygen atoms in total. The van der Waals surface area contributed by atoms with Crippen molar-refractivity contribution in [1.29, 1.82) is 10.8 Å². The van der Waals surface area contributed by atoms with Crippen molar-refractivity contribution in [2.45, 2.75) is 79.3 Å². The zero-order valence-corrected chi connectivity index (χ0v) is 29.5. The molecule has 14 heteroatoms. The minimum atomic E-state index is -0.396. The number of anilines is 2. The predicted octanol–water partition coefficient (Wildman–Crippen LogP) is 4.78. The Kier molecular flexibility index (Phi) is 14.8. The molecule has 10 N–H and O–H groups in total. The van der Waals surface area contributed by atoms with Crippen LogP contribution in [-0.4, -0.2) is 57.5 Å². The molecule has 0 aliphatic rings. The molecule has 0 aliphatic heterocycles. The zero-order chi connectivity index (χ0) is 36.8. The van der Waals surface area contributed by atoms with E-state index in [9.17, 15) is 19.2 Å². The van der Waals surface area contributed by atoms with E-state index in [0.717, 1.165) is 12.8 Å². The molecule has 0 atom stereocenters. The van der Waals surface area contributed by atoms with Gasteiger partial charge in [-0.1, -0.05) is 27.7 Å². The molecule has 2 aromatic heterocycles. The van der Waals surface area contributed by atoms with Crippen molar-refractivity contribution in [3.05, 3.63) is 71.3 Å². The highest BCUT2D eigenvalue weighted by molar-refractivity contribution is 6.08. The molecule has 50 heavy (non-hydrogen) atoms. The number of amides is 4. The molecule has 4 amide bonds. The summed E-state index contributed by atoms with van der Waals surface area (Å²) in [5, 5.41) is 26.1. The maximum atomic E-state index is 13.1. The molecule has 2 heterocycles. The Hall–Kier alpha value is -5.40. The van der Waals surface area contributed by atoms with Crippen molar-refractivity contribution in [3.63, 3.8) is 0 Å². The van der Waals surface area contributed by atoms with Gasteiger partial charge in [0.05, 0.1) is 23.0 Å². The van der Waals surface area contributed by atoms with E-state index < -0.39 is 11.8 Å². The number of aryl methyl sites for hydroxylation is 2. The number of carbonyl (C=O) groups is 4. The first-order chi connectivity index (χ1) is 23.7. The Balaban J connectivity index is 1.67. The summed E-state index contributed by atoms with van der Waals surface area (Å²) >= 11 is 0. The van der Waals surface area contributed by atoms with Crippen molar-refractivity contribution < 1.29 is 19.2 Å². The van der Waals surface area contributed by atoms with Crippen LogP contribution in [0.15, 0.2) is 48.8 Å². The Morgan fingerprint density at radius 2 is 1.00 bits per heavy atom. The number of amidine groups is 2. The lowest BCUT2D eigenvalue weighted by Crippen LogP contribution is -2.27. The molecule has 0 aliphatic carbocycles. The molecular formula is C36H52N10O4. The lowest BCUT2D eigenvalue weighted by molar-refractivity contribution is 0.0935. The number of hydrogen-bond donors (Lipinski definition) is 8. The van der Waals surface area contributed by atoms with Gasteiger partial charge in [-0.2, -0.15) is 0 Å². The van der Waals surface area contributed by atoms with Crippen molar-refractivity contribution in [2.75, 3.05) is 23.7 Å². The number of nitrogens with one attached hydrogen (secondary N) is 6. The zero-order valence-electron chi connectivity index (χ0n) is 29.5. The normalized spacial score (nSPS) is 11.0. The van der Waals surface area contributed by atoms with E-state index in [1.807, 2.05) is 9.13 Å². The van der Waals surface area contributed by atoms with Gasteiger partial charge in [-0.25, -0.2) is 0 Å². The summed E-state index contributed by atoms with van der Waals surface area (Å²) in [5.74, 6) is -0.376. The largest absolute Gasteiger partial charge is 0.388 e. The van der Waals surface area contributed by atoms with Crippen LogP contribution in [0.5, 0.6) is 0 Å². The fourth-order valence-corrected chi connectivity index (χ4v) is 5.03. The van der Waals surface area contributed by atoms with Gasteiger partial charge in [0.1, 0.15) is 11.4 Å². The molecule has 0 radical (unpaired) electrons. The van der Waals surface area contributed by atoms with Crippen LogP contribution >= 0.6 is 0 Å². The number of hydrogen-bond acceptors (Lipinski definition) is 6. The number of nitrogens with zero attached hydrogens (tertiary/aromatic N) is 2. The highest BCUT2D eigenvalue weighted by Crippen LogP contribution is 2.20. The van der Waals surface area contributed by atoms with Crippen molar-refractivity contribution in [3.8, 4) is 0 Å². The number of rotatable bonds is 20. The van der Waals surface area contributed by atoms with Crippen molar-refractivity contribution in [2.24, 2.45) is 23.3 Å². The lowest BCUT2D eigenvalue weighted by Gasteiger charge is -2.11. The monoisotopic (exact) mass is 688 g/mol. The summed E-state index contributed by atoms with van der Waals surface area (Å²) < 4.78 is 3.65. The van der Waals surface area contributed by atoms with Crippen molar-refractivity contribution >= 4 is 46.7 Å². The van der Waals surface area contributed by atoms with E-state index in [1.54, 1.807) is 48.8 Å². The summed E-state index contributed by atoms with van der Waals surface area (Å²) in [6.45, 7) is 10.3. The number of aromatic nitrogens is 2. The average molecular weight is 689 g/mol. The van der Waals surface area contributed by atoms with Gasteiger partial charge in [-0.3, -0.25) is 30.0 Å². The fraction of sp³-hybridized carbons (Fsp3) is 0.444. The van der Waals surface area contributed by atoms with E-state index in [-0.39, 0.29) is 23.5 Å². The van der Waals surface area contributed by atoms with Gasteiger partial charge in [-0.05, 0) is 73.9 Å². The SMILES string of the molecule is CC(C)CCn1cc(NC(=O)c2ccc(C(=O)Nc3cc(C(=O)NCCCC(=N)N)n(CCC(C)C)c3)cc2)cc1C(=O)NCCCC(=N)N. The van der Waals surface area contributed by atoms with Gasteiger partial charge in [0, 0.05) is 62.5 Å². The van der Waals surface area contributed by atoms with Crippen LogP contribution in [0.4, 0.5) is 11.4 Å². The molecule has 0 saturated carbocycles. The second-order valence-corrected chi connectivity index (χ2v) is 13.2. The third-order valence-corrected chi connectivity index (χ3v) is 7.90. The van der Waals surface area contributed by atoms with Crippen LogP contribution in [0.25, 0.3) is 0 Å². The molecule has 0 unspecified atom stereocenters. The van der Waals surface area contributed by atoms with E-state index in [0.29, 0.717) is 97.6 Å². The van der Waals surface area contributed by atoms with Gasteiger partial charge >= 0.3 is 0 Å². The summed E-state index contributed by atoms with van der Waals surface area (Å²) in [6.07, 6.45) is 7.06. The minimum absolute atomic E-state index is 0.0696. The van der Waals surface area contributed by atoms with E-state index in [4.69, 9.17) is 22.3 Å². The van der Waals surface area contributed by atoms with Gasteiger partial charge in [0.25, 0.3) is 23.6 Å². The summed E-state index contributed by atoms with van der Waals surface area (Å²) in [7, 11) is 0. The molecular weight excluding hydrogens is 636 g/mol. The first-order valence-electron chi connectivity index (χ1n) is 17.1. The molecule has 0 saturated heterocycles. The maximum Gasteiger partial charge on any atom is 0.267 e. The number of benzene rings is 1. The Bertz CT molecular complexity index is 1530. The van der Waals surface area contributed by atoms with Crippen LogP contribution in [-0.2, 0) is 13.1 Å². The van der Waals surface area contributed by atoms with Gasteiger partial charge in [-0.15, -0.1) is 0 Å². The third-order valence-electron chi connectivity index (χ3n) is 7.90. The van der Waals surface area contributed by atoms with Crippen molar-refractivity contribution in [1.82, 2.24) is 19.8 Å². The first kappa shape index (κ1) is 39.0. The average Bonchev–Trinajstić information content (AvgIpc) is 3.66. The highest BCUT2D eigenvalue weighted by atomic mass is 16.2. The molecule has 0 fully saturated rings. The van der Waals surface area contributed by atoms with Gasteiger partial charge < -0.3 is 41.9 Å². The van der Waals surface area contributed by atoms with Crippen LogP contribution in [0, 0.1) is 22.7 Å². The Labute approximate surface area is 293 Å². The van der Waals surface area contributed by atoms with E-state index >= 15 is 0 Å². The molecule has 0 spiro atoms. The Morgan fingerprint density at radius 3 is 1.32 bits per heavy atom. The highest BCUT2D eigenvalue weighted by Gasteiger charge is 2.18. The molecule has 1 aromatic carbocycles. The number of nitrogens with two attached hydrogens (primary N) is 2. The van der Waals surface area contributed by atoms with Crippen LogP contribution in [0.2, 0.25) is 0 Å². The first-order valence-corrected chi connectivity index (χ1v) is 17.1. The topological polar surface area (TPSA) is 226 Å². The fourth-order valence-electron chi connectivity index (χ4n) is 5.03. The summed E-state index contributed by atoms with van der Waals surface area (Å²) in [5.41, 5.74) is 13.2. The van der Waals surface area contributed by atoms with Gasteiger partial charge in [0.15, 0.2) is 0 Å². The Morgan fingerprint density at radius 1 is 0.640 bits per heavy atom. The maximum absolute atomic E-state index is 13.1.